The molecule has 0 unspecified atom stereocenters. The normalized spacial score (nSPS) is 13.4. The first-order chi connectivity index (χ1) is 46.8. The summed E-state index contributed by atoms with van der Waals surface area (Å²) in [5.74, 6) is 1.91. The number of aryl methyl sites for hydroxylation is 12. The Kier molecular flexibility index (Phi) is 21.4. The monoisotopic (exact) mass is 1320 g/mol. The van der Waals surface area contributed by atoms with Gasteiger partial charge in [0.15, 0.2) is 22.1 Å². The van der Waals surface area contributed by atoms with Gasteiger partial charge in [-0.25, -0.2) is 35.8 Å². The second-order valence-corrected chi connectivity index (χ2v) is 28.9. The number of halogens is 4. The van der Waals surface area contributed by atoms with Gasteiger partial charge >= 0.3 is 0 Å². The zero-order chi connectivity index (χ0) is 70.0. The van der Waals surface area contributed by atoms with E-state index in [1.54, 1.807) is 24.3 Å². The fourth-order valence-corrected chi connectivity index (χ4v) is 14.9. The number of nitrogens with zero attached hydrogens (tertiary/aromatic N) is 8. The third kappa shape index (κ3) is 15.1. The van der Waals surface area contributed by atoms with E-state index >= 15 is 0 Å². The summed E-state index contributed by atoms with van der Waals surface area (Å²) in [6.07, 6.45) is 19.9. The van der Waals surface area contributed by atoms with E-state index in [9.17, 15) is 17.6 Å². The average Bonchev–Trinajstić information content (AvgIpc) is 1.31. The van der Waals surface area contributed by atoms with Crippen LogP contribution in [0.2, 0.25) is 0 Å². The molecule has 12 aromatic rings. The van der Waals surface area contributed by atoms with Crippen LogP contribution in [-0.4, -0.2) is 19.9 Å². The van der Waals surface area contributed by atoms with Crippen molar-refractivity contribution in [2.24, 2.45) is 40.0 Å². The van der Waals surface area contributed by atoms with Gasteiger partial charge < -0.3 is 0 Å². The Morgan fingerprint density at radius 3 is 1.17 bits per heavy atom. The smallest absolute Gasteiger partial charge is 0.232 e. The lowest BCUT2D eigenvalue weighted by atomic mass is 9.92. The molecule has 0 atom stereocenters. The Balaban J connectivity index is 0.000000132. The molecule has 14 rings (SSSR count). The minimum Gasteiger partial charge on any atom is -0.232 e. The number of rotatable bonds is 10. The van der Waals surface area contributed by atoms with Crippen molar-refractivity contribution in [3.05, 3.63) is 237 Å². The zero-order valence-corrected chi connectivity index (χ0v) is 60.3. The van der Waals surface area contributed by atoms with E-state index in [2.05, 4.69) is 120 Å². The van der Waals surface area contributed by atoms with Crippen molar-refractivity contribution in [2.45, 2.75) is 159 Å². The number of hydrogen-bond acceptors (Lipinski definition) is 4. The highest BCUT2D eigenvalue weighted by Gasteiger charge is 2.28. The van der Waals surface area contributed by atoms with E-state index in [-0.39, 0.29) is 23.3 Å². The lowest BCUT2D eigenvalue weighted by molar-refractivity contribution is -0.662. The molecule has 2 fully saturated rings. The van der Waals surface area contributed by atoms with E-state index < -0.39 is 0 Å². The van der Waals surface area contributed by atoms with Crippen LogP contribution in [0.5, 0.6) is 0 Å². The van der Waals surface area contributed by atoms with Crippen molar-refractivity contribution in [1.29, 1.82) is 0 Å². The molecule has 0 aliphatic heterocycles. The lowest BCUT2D eigenvalue weighted by Gasteiger charge is -2.14. The van der Waals surface area contributed by atoms with Crippen molar-refractivity contribution < 1.29 is 35.8 Å². The summed E-state index contributed by atoms with van der Waals surface area (Å²) < 4.78 is 63.7. The molecule has 0 spiro atoms. The molecule has 2 aliphatic rings. The first kappa shape index (κ1) is 70.2. The molecule has 4 aromatic heterocycles. The molecule has 2 aliphatic carbocycles. The van der Waals surface area contributed by atoms with Crippen LogP contribution >= 0.6 is 0 Å². The van der Waals surface area contributed by atoms with Gasteiger partial charge in [-0.05, 0) is 290 Å². The Morgan fingerprint density at radius 2 is 0.724 bits per heavy atom. The van der Waals surface area contributed by atoms with Gasteiger partial charge in [0, 0.05) is 27.8 Å². The Hall–Kier alpha value is -9.16. The van der Waals surface area contributed by atoms with Crippen LogP contribution in [0.25, 0.3) is 88.6 Å². The van der Waals surface area contributed by atoms with E-state index in [0.29, 0.717) is 45.9 Å². The molecule has 4 heterocycles. The van der Waals surface area contributed by atoms with E-state index in [1.807, 2.05) is 147 Å². The van der Waals surface area contributed by atoms with Crippen LogP contribution in [0.4, 0.5) is 17.6 Å². The van der Waals surface area contributed by atoms with Crippen molar-refractivity contribution in [1.82, 2.24) is 19.9 Å². The molecular weight excluding hydrogens is 1220 g/mol. The summed E-state index contributed by atoms with van der Waals surface area (Å²) in [4.78, 5) is 18.6. The molecule has 12 heteroatoms. The second kappa shape index (κ2) is 29.9. The second-order valence-electron chi connectivity index (χ2n) is 28.9. The summed E-state index contributed by atoms with van der Waals surface area (Å²) in [6.45, 7) is 24.0. The highest BCUT2D eigenvalue weighted by atomic mass is 19.1. The highest BCUT2D eigenvalue weighted by Crippen LogP contribution is 2.41. The molecular formula is C86H96F4N8+4. The minimum atomic E-state index is -0.156. The molecule has 2 saturated carbocycles. The molecule has 0 N–H and O–H groups in total. The summed E-state index contributed by atoms with van der Waals surface area (Å²) in [5, 5.41) is 4.50. The van der Waals surface area contributed by atoms with Crippen LogP contribution in [0.15, 0.2) is 147 Å². The Bertz CT molecular complexity index is 4980. The fourth-order valence-electron chi connectivity index (χ4n) is 14.9. The first-order valence-corrected chi connectivity index (χ1v) is 35.0. The molecule has 0 bridgehead atoms. The van der Waals surface area contributed by atoms with Gasteiger partial charge in [-0.2, -0.15) is 0 Å². The molecule has 0 amide bonds. The number of benzene rings is 8. The standard InChI is InChI=1S/2C22H24FN2.2C21H24FN2/c1-14-12-20(23)15(2)11-19(14)22-18-10-6-9-17(16-7-4-5-8-16)21(18)24-13-25(22)3;1-14-11-20(23)15(2)10-19(14)22-18-9-8-17(16-6-4-5-7-16)12-21(18)24-13-25(22)3;1-13(2)8-16-6-7-20-18(11-16)21(24(5)12-23-20)17-9-15(4)19(22)10-14(17)3;1-13(2)8-16-6-7-17-20(11-16)23-12-24(5)21(17)18-9-15(4)19(22)10-14(18)3/h6,9-13,16H,4-5,7-8H2,1-3H3;8-13,16H,4-7H2,1-3H3;2*6-7,9-13H,8H2,1-5H3/q4*+1. The molecule has 8 nitrogen and oxygen atoms in total. The van der Waals surface area contributed by atoms with Crippen LogP contribution in [0.1, 0.15) is 158 Å². The quantitative estimate of drug-likeness (QED) is 0.101. The van der Waals surface area contributed by atoms with Gasteiger partial charge in [-0.1, -0.05) is 83.7 Å². The molecule has 8 aromatic carbocycles. The van der Waals surface area contributed by atoms with Crippen LogP contribution < -0.4 is 18.3 Å². The molecule has 0 saturated heterocycles. The van der Waals surface area contributed by atoms with Crippen molar-refractivity contribution in [3.8, 4) is 45.0 Å². The van der Waals surface area contributed by atoms with Gasteiger partial charge in [0.2, 0.25) is 0 Å². The third-order valence-electron chi connectivity index (χ3n) is 20.1. The number of fused-ring (bicyclic) bond motifs is 4. The van der Waals surface area contributed by atoms with Crippen molar-refractivity contribution in [3.63, 3.8) is 0 Å². The van der Waals surface area contributed by atoms with Crippen LogP contribution in [0.3, 0.4) is 0 Å². The van der Waals surface area contributed by atoms with E-state index in [4.69, 9.17) is 4.98 Å². The highest BCUT2D eigenvalue weighted by molar-refractivity contribution is 5.95. The first-order valence-electron chi connectivity index (χ1n) is 35.0. The number of para-hydroxylation sites is 1. The predicted molar refractivity (Wildman–Crippen MR) is 391 cm³/mol. The maximum atomic E-state index is 13.9. The summed E-state index contributed by atoms with van der Waals surface area (Å²) in [5.41, 5.74) is 24.6. The Morgan fingerprint density at radius 1 is 0.357 bits per heavy atom. The van der Waals surface area contributed by atoms with E-state index in [1.165, 1.54) is 73.6 Å². The SMILES string of the molecule is Cc1cc(-c2c3cc(CC(C)C)ccc3nc[n+]2C)c(C)cc1F.Cc1cc(-c2c3ccc(C4CCCC4)cc3nc[n+]2C)c(C)cc1F.Cc1cc(-c2c3ccc(CC(C)C)cc3nc[n+]2C)c(C)cc1F.Cc1cc(-c2c3cccc(C4CCCC4)c3nc[n+]2C)c(C)cc1F. The fraction of sp³-hybridized carbons (Fsp3) is 0.349. The van der Waals surface area contributed by atoms with Crippen molar-refractivity contribution >= 4 is 43.6 Å². The van der Waals surface area contributed by atoms with Crippen LogP contribution in [0, 0.1) is 90.5 Å². The van der Waals surface area contributed by atoms with Crippen molar-refractivity contribution in [2.75, 3.05) is 0 Å². The largest absolute Gasteiger partial charge is 0.287 e. The maximum Gasteiger partial charge on any atom is 0.287 e. The lowest BCUT2D eigenvalue weighted by Crippen LogP contribution is -2.32. The van der Waals surface area contributed by atoms with E-state index in [0.717, 1.165) is 124 Å². The molecule has 0 radical (unpaired) electrons. The van der Waals surface area contributed by atoms with Crippen LogP contribution in [-0.2, 0) is 41.0 Å². The number of hydrogen-bond donors (Lipinski definition) is 0. The zero-order valence-electron chi connectivity index (χ0n) is 60.3. The van der Waals surface area contributed by atoms with Gasteiger partial charge in [0.1, 0.15) is 46.0 Å². The minimum absolute atomic E-state index is 0.145. The summed E-state index contributed by atoms with van der Waals surface area (Å²) in [6, 6.07) is 40.5. The summed E-state index contributed by atoms with van der Waals surface area (Å²) in [7, 11) is 8.00. The van der Waals surface area contributed by atoms with Gasteiger partial charge in [-0.15, -0.1) is 0 Å². The Labute approximate surface area is 577 Å². The summed E-state index contributed by atoms with van der Waals surface area (Å²) >= 11 is 0. The average molecular weight is 1320 g/mol. The molecule has 98 heavy (non-hydrogen) atoms. The van der Waals surface area contributed by atoms with Gasteiger partial charge in [-0.3, -0.25) is 0 Å². The molecule has 504 valence electrons. The third-order valence-corrected chi connectivity index (χ3v) is 20.1. The maximum absolute atomic E-state index is 13.9. The number of aromatic nitrogens is 8. The predicted octanol–water partition coefficient (Wildman–Crippen LogP) is 19.6. The van der Waals surface area contributed by atoms with Gasteiger partial charge in [0.05, 0.1) is 49.7 Å². The topological polar surface area (TPSA) is 67.1 Å². The van der Waals surface area contributed by atoms with Gasteiger partial charge in [0.25, 0.3) is 25.3 Å².